The van der Waals surface area contributed by atoms with Gasteiger partial charge in [0.1, 0.15) is 5.65 Å². The Morgan fingerprint density at radius 1 is 0.426 bits per heavy atom. The summed E-state index contributed by atoms with van der Waals surface area (Å²) in [6.07, 6.45) is 3.69. The minimum Gasteiger partial charge on any atom is -0.294 e. The molecule has 0 amide bonds. The van der Waals surface area contributed by atoms with Crippen LogP contribution in [0.3, 0.4) is 0 Å². The summed E-state index contributed by atoms with van der Waals surface area (Å²) in [7, 11) is 0. The normalized spacial score (nSPS) is 11.8. The summed E-state index contributed by atoms with van der Waals surface area (Å²) in [4.78, 5) is 14.7. The zero-order valence-electron chi connectivity index (χ0n) is 25.3. The van der Waals surface area contributed by atoms with E-state index >= 15 is 0 Å². The van der Waals surface area contributed by atoms with Crippen molar-refractivity contribution < 1.29 is 0 Å². The molecule has 0 spiro atoms. The molecule has 0 saturated heterocycles. The van der Waals surface area contributed by atoms with Gasteiger partial charge in [-0.15, -0.1) is 0 Å². The van der Waals surface area contributed by atoms with Crippen LogP contribution >= 0.6 is 0 Å². The molecule has 0 unspecified atom stereocenters. The van der Waals surface area contributed by atoms with E-state index in [1.165, 1.54) is 37.7 Å². The first-order valence-electron chi connectivity index (χ1n) is 15.9. The van der Waals surface area contributed by atoms with Crippen molar-refractivity contribution in [1.29, 1.82) is 0 Å². The van der Waals surface area contributed by atoms with E-state index in [2.05, 4.69) is 131 Å². The summed E-state index contributed by atoms with van der Waals surface area (Å²) < 4.78 is 2.25. The third-order valence-corrected chi connectivity index (χ3v) is 9.45. The van der Waals surface area contributed by atoms with Gasteiger partial charge in [-0.05, 0) is 98.0 Å². The summed E-state index contributed by atoms with van der Waals surface area (Å²) in [5, 5.41) is 9.90. The number of benzene rings is 6. The van der Waals surface area contributed by atoms with Gasteiger partial charge in [-0.3, -0.25) is 9.55 Å². The van der Waals surface area contributed by atoms with E-state index in [1.807, 2.05) is 36.7 Å². The molecule has 218 valence electrons. The molecule has 4 heteroatoms. The molecule has 0 aliphatic carbocycles. The molecule has 0 radical (unpaired) electrons. The molecule has 0 aliphatic rings. The highest BCUT2D eigenvalue weighted by Crippen LogP contribution is 2.40. The summed E-state index contributed by atoms with van der Waals surface area (Å²) >= 11 is 0. The summed E-state index contributed by atoms with van der Waals surface area (Å²) in [5.41, 5.74) is 9.12. The Kier molecular flexibility index (Phi) is 5.54. The molecule has 0 aliphatic heterocycles. The minimum absolute atomic E-state index is 0.847. The maximum atomic E-state index is 5.23. The van der Waals surface area contributed by atoms with Crippen molar-refractivity contribution in [1.82, 2.24) is 19.5 Å². The number of aromatic nitrogens is 4. The Bertz CT molecular complexity index is 2710. The SMILES string of the molecule is c1ccc(-c2cc(-c3ccc(-n4c5ccccc5c5cccnc54)cc3)cc(-c3ccc4ccc5cccc6ccc3c4c56)n2)nc1. The van der Waals surface area contributed by atoms with Crippen molar-refractivity contribution in [2.45, 2.75) is 0 Å². The smallest absolute Gasteiger partial charge is 0.145 e. The van der Waals surface area contributed by atoms with Gasteiger partial charge < -0.3 is 0 Å². The molecule has 10 rings (SSSR count). The van der Waals surface area contributed by atoms with E-state index in [-0.39, 0.29) is 0 Å². The van der Waals surface area contributed by atoms with E-state index in [0.29, 0.717) is 0 Å². The van der Waals surface area contributed by atoms with Crippen molar-refractivity contribution in [3.05, 3.63) is 158 Å². The van der Waals surface area contributed by atoms with Crippen LogP contribution < -0.4 is 0 Å². The van der Waals surface area contributed by atoms with Gasteiger partial charge >= 0.3 is 0 Å². The molecule has 6 aromatic carbocycles. The fourth-order valence-corrected chi connectivity index (χ4v) is 7.30. The van der Waals surface area contributed by atoms with Crippen molar-refractivity contribution in [3.8, 4) is 39.5 Å². The van der Waals surface area contributed by atoms with E-state index in [9.17, 15) is 0 Å². The fraction of sp³-hybridized carbons (Fsp3) is 0. The highest BCUT2D eigenvalue weighted by atomic mass is 15.0. The molecule has 0 fully saturated rings. The Balaban J connectivity index is 1.16. The van der Waals surface area contributed by atoms with Crippen LogP contribution in [-0.2, 0) is 0 Å². The van der Waals surface area contributed by atoms with Crippen LogP contribution in [0.2, 0.25) is 0 Å². The van der Waals surface area contributed by atoms with Crippen molar-refractivity contribution in [3.63, 3.8) is 0 Å². The third-order valence-electron chi connectivity index (χ3n) is 9.45. The lowest BCUT2D eigenvalue weighted by atomic mass is 9.90. The zero-order valence-corrected chi connectivity index (χ0v) is 25.3. The summed E-state index contributed by atoms with van der Waals surface area (Å²) in [6, 6.07) is 51.7. The molecule has 4 heterocycles. The standard InChI is InChI=1S/C43H26N4/c1-2-12-40-34(9-1)36-10-6-24-45-43(36)47(40)32-19-15-27(16-20-32)31-25-38(46-39(26-31)37-11-3-4-23-44-37)33-21-17-30-14-13-28-7-5-8-29-18-22-35(33)42(30)41(28)29/h1-26H. The first kappa shape index (κ1) is 25.9. The highest BCUT2D eigenvalue weighted by molar-refractivity contribution is 6.25. The van der Waals surface area contributed by atoms with Crippen LogP contribution in [-0.4, -0.2) is 19.5 Å². The van der Waals surface area contributed by atoms with Gasteiger partial charge in [-0.2, -0.15) is 0 Å². The molecular weight excluding hydrogens is 573 g/mol. The van der Waals surface area contributed by atoms with Gasteiger partial charge in [0.15, 0.2) is 0 Å². The Morgan fingerprint density at radius 3 is 2.00 bits per heavy atom. The van der Waals surface area contributed by atoms with Crippen LogP contribution in [0.15, 0.2) is 158 Å². The second kappa shape index (κ2) is 10.1. The van der Waals surface area contributed by atoms with E-state index in [0.717, 1.165) is 56.0 Å². The first-order chi connectivity index (χ1) is 23.3. The van der Waals surface area contributed by atoms with Gasteiger partial charge in [-0.1, -0.05) is 91.0 Å². The van der Waals surface area contributed by atoms with Gasteiger partial charge in [0.05, 0.1) is 22.6 Å². The largest absolute Gasteiger partial charge is 0.294 e. The van der Waals surface area contributed by atoms with Crippen LogP contribution in [0, 0.1) is 0 Å². The topological polar surface area (TPSA) is 43.6 Å². The van der Waals surface area contributed by atoms with Crippen molar-refractivity contribution >= 4 is 54.3 Å². The minimum atomic E-state index is 0.847. The lowest BCUT2D eigenvalue weighted by Gasteiger charge is -2.15. The van der Waals surface area contributed by atoms with Gasteiger partial charge in [0, 0.05) is 34.4 Å². The number of hydrogen-bond donors (Lipinski definition) is 0. The Labute approximate surface area is 270 Å². The van der Waals surface area contributed by atoms with E-state index < -0.39 is 0 Å². The summed E-state index contributed by atoms with van der Waals surface area (Å²) in [6.45, 7) is 0. The van der Waals surface area contributed by atoms with Gasteiger partial charge in [0.25, 0.3) is 0 Å². The molecular formula is C43H26N4. The Morgan fingerprint density at radius 2 is 1.15 bits per heavy atom. The molecule has 4 aromatic heterocycles. The number of hydrogen-bond acceptors (Lipinski definition) is 3. The average molecular weight is 599 g/mol. The second-order valence-corrected chi connectivity index (χ2v) is 12.1. The first-order valence-corrected chi connectivity index (χ1v) is 15.9. The van der Waals surface area contributed by atoms with Gasteiger partial charge in [0.2, 0.25) is 0 Å². The molecule has 0 bridgehead atoms. The third kappa shape index (κ3) is 3.98. The van der Waals surface area contributed by atoms with E-state index in [1.54, 1.807) is 0 Å². The lowest BCUT2D eigenvalue weighted by Crippen LogP contribution is -1.96. The fourth-order valence-electron chi connectivity index (χ4n) is 7.30. The molecule has 4 nitrogen and oxygen atoms in total. The van der Waals surface area contributed by atoms with Crippen molar-refractivity contribution in [2.24, 2.45) is 0 Å². The predicted octanol–water partition coefficient (Wildman–Crippen LogP) is 10.9. The molecule has 47 heavy (non-hydrogen) atoms. The maximum Gasteiger partial charge on any atom is 0.145 e. The second-order valence-electron chi connectivity index (χ2n) is 12.1. The number of pyridine rings is 3. The number of nitrogens with zero attached hydrogens (tertiary/aromatic N) is 4. The van der Waals surface area contributed by atoms with Crippen LogP contribution in [0.5, 0.6) is 0 Å². The van der Waals surface area contributed by atoms with E-state index in [4.69, 9.17) is 9.97 Å². The molecule has 0 atom stereocenters. The average Bonchev–Trinajstić information content (AvgIpc) is 3.48. The number of rotatable bonds is 4. The molecule has 0 N–H and O–H groups in total. The number of para-hydroxylation sites is 1. The summed E-state index contributed by atoms with van der Waals surface area (Å²) in [5.74, 6) is 0. The number of fused-ring (bicyclic) bond motifs is 3. The van der Waals surface area contributed by atoms with Crippen molar-refractivity contribution in [2.75, 3.05) is 0 Å². The van der Waals surface area contributed by atoms with Crippen LogP contribution in [0.4, 0.5) is 0 Å². The monoisotopic (exact) mass is 598 g/mol. The molecule has 10 aromatic rings. The van der Waals surface area contributed by atoms with Crippen LogP contribution in [0.1, 0.15) is 0 Å². The zero-order chi connectivity index (χ0) is 30.9. The van der Waals surface area contributed by atoms with Gasteiger partial charge in [-0.25, -0.2) is 9.97 Å². The molecule has 0 saturated carbocycles. The van der Waals surface area contributed by atoms with Crippen LogP contribution in [0.25, 0.3) is 93.7 Å². The highest BCUT2D eigenvalue weighted by Gasteiger charge is 2.16. The predicted molar refractivity (Wildman–Crippen MR) is 194 cm³/mol. The lowest BCUT2D eigenvalue weighted by molar-refractivity contribution is 1.14. The quantitative estimate of drug-likeness (QED) is 0.189. The maximum absolute atomic E-state index is 5.23. The Hall–Kier alpha value is -6.39.